The lowest BCUT2D eigenvalue weighted by Crippen LogP contribution is -2.42. The zero-order valence-electron chi connectivity index (χ0n) is 23.8. The molecule has 0 radical (unpaired) electrons. The molecular formula is C32H28Cl2F2N4O4. The highest BCUT2D eigenvalue weighted by atomic mass is 35.5. The Morgan fingerprint density at radius 2 is 2.00 bits per heavy atom. The third-order valence-electron chi connectivity index (χ3n) is 8.01. The first-order valence-electron chi connectivity index (χ1n) is 13.8. The first-order chi connectivity index (χ1) is 21.0. The molecule has 8 nitrogen and oxygen atoms in total. The molecule has 0 saturated carbocycles. The summed E-state index contributed by atoms with van der Waals surface area (Å²) >= 11 is 12.0. The van der Waals surface area contributed by atoms with Crippen molar-refractivity contribution in [1.29, 1.82) is 5.26 Å². The molecule has 4 aromatic rings. The zero-order valence-corrected chi connectivity index (χ0v) is 25.3. The lowest BCUT2D eigenvalue weighted by Gasteiger charge is -2.37. The zero-order chi connectivity index (χ0) is 31.6. The predicted molar refractivity (Wildman–Crippen MR) is 162 cm³/mol. The van der Waals surface area contributed by atoms with Crippen molar-refractivity contribution in [3.63, 3.8) is 0 Å². The topological polar surface area (TPSA) is 117 Å². The van der Waals surface area contributed by atoms with Gasteiger partial charge in [0.15, 0.2) is 5.58 Å². The van der Waals surface area contributed by atoms with Gasteiger partial charge >= 0.3 is 11.9 Å². The van der Waals surface area contributed by atoms with Gasteiger partial charge in [0.05, 0.1) is 30.2 Å². The average molecular weight is 642 g/mol. The summed E-state index contributed by atoms with van der Waals surface area (Å²) in [6, 6.07) is 15.1. The largest absolute Gasteiger partial charge is 0.462 e. The highest BCUT2D eigenvalue weighted by Crippen LogP contribution is 2.45. The van der Waals surface area contributed by atoms with E-state index in [2.05, 4.69) is 26.4 Å². The van der Waals surface area contributed by atoms with Gasteiger partial charge in [0, 0.05) is 22.3 Å². The number of esters is 1. The third-order valence-corrected chi connectivity index (χ3v) is 8.54. The van der Waals surface area contributed by atoms with Gasteiger partial charge in [-0.05, 0) is 73.1 Å². The standard InChI is InChI=1S/C32H28Cl2F2N4O4/c1-32(14-17-4-3-5-23(34)28(17)36,22(16-37)21-9-6-18(33)12-24(21)35)15-20-7-10-25(38-20)29(41)39-19-8-11-27-26(13-19)40-30(44-27)31(42)43-2/h3-6,8-9,11-13,20,22,25,38H,7,10,14-15H2,1-2H3,(H,39,41)/t20-,22?,25+,32?/m0/s1. The number of carbonyl (C=O) groups excluding carboxylic acids is 2. The van der Waals surface area contributed by atoms with Gasteiger partial charge in [0.2, 0.25) is 5.91 Å². The molecule has 1 fully saturated rings. The molecule has 1 aliphatic rings. The van der Waals surface area contributed by atoms with Crippen molar-refractivity contribution in [2.45, 2.75) is 50.6 Å². The molecule has 1 amide bonds. The van der Waals surface area contributed by atoms with E-state index < -0.39 is 35.0 Å². The fourth-order valence-corrected chi connectivity index (χ4v) is 6.26. The van der Waals surface area contributed by atoms with Gasteiger partial charge in [-0.25, -0.2) is 18.6 Å². The molecule has 0 bridgehead atoms. The summed E-state index contributed by atoms with van der Waals surface area (Å²) in [4.78, 5) is 29.0. The van der Waals surface area contributed by atoms with Gasteiger partial charge in [-0.2, -0.15) is 5.26 Å². The summed E-state index contributed by atoms with van der Waals surface area (Å²) in [6.07, 6.45) is 1.53. The minimum Gasteiger partial charge on any atom is -0.462 e. The molecule has 0 spiro atoms. The molecule has 5 rings (SSSR count). The Balaban J connectivity index is 1.35. The summed E-state index contributed by atoms with van der Waals surface area (Å²) in [5, 5.41) is 16.7. The number of aromatic nitrogens is 1. The van der Waals surface area contributed by atoms with Crippen LogP contribution in [-0.2, 0) is 16.0 Å². The van der Waals surface area contributed by atoms with Crippen LogP contribution in [0.1, 0.15) is 53.9 Å². The van der Waals surface area contributed by atoms with E-state index in [9.17, 15) is 14.9 Å². The van der Waals surface area contributed by atoms with Crippen molar-refractivity contribution in [1.82, 2.24) is 10.3 Å². The Morgan fingerprint density at radius 1 is 1.20 bits per heavy atom. The number of ether oxygens (including phenoxy) is 1. The minimum atomic E-state index is -0.965. The first-order valence-corrected chi connectivity index (χ1v) is 14.6. The van der Waals surface area contributed by atoms with Gasteiger partial charge in [0.25, 0.3) is 0 Å². The number of benzene rings is 3. The van der Waals surface area contributed by atoms with E-state index in [1.54, 1.807) is 30.3 Å². The van der Waals surface area contributed by atoms with Crippen molar-refractivity contribution in [2.24, 2.45) is 5.41 Å². The molecule has 0 aliphatic carbocycles. The summed E-state index contributed by atoms with van der Waals surface area (Å²) in [5.74, 6) is -3.37. The quantitative estimate of drug-likeness (QED) is 0.186. The Kier molecular flexibility index (Phi) is 9.20. The SMILES string of the molecule is COC(=O)c1nc2cc(NC(=O)[C@H]3CC[C@@H](CC(C)(Cc4cccc(Cl)c4F)C(C#N)c4ccc(Cl)cc4F)N3)ccc2o1. The molecule has 1 saturated heterocycles. The van der Waals surface area contributed by atoms with Crippen LogP contribution in [-0.4, -0.2) is 36.1 Å². The second-order valence-corrected chi connectivity index (χ2v) is 12.0. The van der Waals surface area contributed by atoms with Crippen LogP contribution < -0.4 is 10.6 Å². The van der Waals surface area contributed by atoms with Crippen molar-refractivity contribution in [3.05, 3.63) is 93.3 Å². The van der Waals surface area contributed by atoms with E-state index in [1.165, 1.54) is 25.3 Å². The van der Waals surface area contributed by atoms with Crippen molar-refractivity contribution >= 4 is 51.9 Å². The molecule has 2 heterocycles. The summed E-state index contributed by atoms with van der Waals surface area (Å²) in [5.41, 5.74) is 0.700. The molecule has 1 aromatic heterocycles. The monoisotopic (exact) mass is 640 g/mol. The fourth-order valence-electron chi connectivity index (χ4n) is 5.91. The lowest BCUT2D eigenvalue weighted by atomic mass is 9.66. The maximum atomic E-state index is 15.1. The van der Waals surface area contributed by atoms with Gasteiger partial charge in [-0.15, -0.1) is 0 Å². The van der Waals surface area contributed by atoms with E-state index in [-0.39, 0.29) is 39.9 Å². The molecular weight excluding hydrogens is 613 g/mol. The maximum Gasteiger partial charge on any atom is 0.394 e. The Bertz CT molecular complexity index is 1770. The van der Waals surface area contributed by atoms with E-state index in [1.807, 2.05) is 6.92 Å². The van der Waals surface area contributed by atoms with Crippen LogP contribution in [0.25, 0.3) is 11.1 Å². The number of anilines is 1. The van der Waals surface area contributed by atoms with E-state index in [0.29, 0.717) is 41.6 Å². The fraction of sp³-hybridized carbons (Fsp3) is 0.312. The number of hydrogen-bond donors (Lipinski definition) is 2. The molecule has 3 aromatic carbocycles. The normalized spacial score (nSPS) is 18.4. The van der Waals surface area contributed by atoms with Gasteiger partial charge < -0.3 is 19.8 Å². The molecule has 2 N–H and O–H groups in total. The third kappa shape index (κ3) is 6.55. The van der Waals surface area contributed by atoms with Crippen LogP contribution >= 0.6 is 23.2 Å². The first kappa shape index (κ1) is 31.4. The Labute approximate surface area is 262 Å². The van der Waals surface area contributed by atoms with Gasteiger partial charge in [0.1, 0.15) is 17.2 Å². The number of amides is 1. The number of nitriles is 1. The lowest BCUT2D eigenvalue weighted by molar-refractivity contribution is -0.117. The van der Waals surface area contributed by atoms with Crippen LogP contribution in [0.5, 0.6) is 0 Å². The van der Waals surface area contributed by atoms with E-state index in [4.69, 9.17) is 27.6 Å². The van der Waals surface area contributed by atoms with Crippen molar-refractivity contribution in [2.75, 3.05) is 12.4 Å². The summed E-state index contributed by atoms with van der Waals surface area (Å²) in [7, 11) is 1.22. The number of nitrogens with zero attached hydrogens (tertiary/aromatic N) is 2. The Morgan fingerprint density at radius 3 is 2.73 bits per heavy atom. The number of nitrogens with one attached hydrogen (secondary N) is 2. The van der Waals surface area contributed by atoms with E-state index >= 15 is 8.78 Å². The van der Waals surface area contributed by atoms with Crippen molar-refractivity contribution in [3.8, 4) is 6.07 Å². The smallest absolute Gasteiger partial charge is 0.394 e. The number of halogens is 4. The van der Waals surface area contributed by atoms with Gasteiger partial charge in [-0.1, -0.05) is 48.3 Å². The number of carbonyl (C=O) groups is 2. The maximum absolute atomic E-state index is 15.1. The summed E-state index contributed by atoms with van der Waals surface area (Å²) < 4.78 is 40.2. The minimum absolute atomic E-state index is 0.0444. The molecule has 12 heteroatoms. The van der Waals surface area contributed by atoms with Crippen LogP contribution in [0, 0.1) is 28.4 Å². The molecule has 2 unspecified atom stereocenters. The molecule has 228 valence electrons. The van der Waals surface area contributed by atoms with Crippen molar-refractivity contribution < 1.29 is 27.5 Å². The number of hydrogen-bond acceptors (Lipinski definition) is 7. The van der Waals surface area contributed by atoms with Crippen LogP contribution in [0.4, 0.5) is 14.5 Å². The van der Waals surface area contributed by atoms with E-state index in [0.717, 1.165) is 6.07 Å². The summed E-state index contributed by atoms with van der Waals surface area (Å²) in [6.45, 7) is 1.82. The number of rotatable bonds is 9. The van der Waals surface area contributed by atoms with Crippen LogP contribution in [0.2, 0.25) is 10.0 Å². The molecule has 1 aliphatic heterocycles. The number of methoxy groups -OCH3 is 1. The second-order valence-electron chi connectivity index (χ2n) is 11.2. The van der Waals surface area contributed by atoms with Gasteiger partial charge in [-0.3, -0.25) is 4.79 Å². The highest BCUT2D eigenvalue weighted by Gasteiger charge is 2.42. The molecule has 4 atom stereocenters. The molecule has 44 heavy (non-hydrogen) atoms. The average Bonchev–Trinajstić information content (AvgIpc) is 3.63. The second kappa shape index (κ2) is 12.9. The van der Waals surface area contributed by atoms with Crippen LogP contribution in [0.3, 0.4) is 0 Å². The van der Waals surface area contributed by atoms with Crippen LogP contribution in [0.15, 0.2) is 59.0 Å². The highest BCUT2D eigenvalue weighted by molar-refractivity contribution is 6.31. The number of oxazole rings is 1. The Hall–Kier alpha value is -4.04. The predicted octanol–water partition coefficient (Wildman–Crippen LogP) is 7.20. The number of fused-ring (bicyclic) bond motifs is 1.